The highest BCUT2D eigenvalue weighted by molar-refractivity contribution is 6.09. The van der Waals surface area contributed by atoms with E-state index in [1.54, 1.807) is 4.90 Å². The summed E-state index contributed by atoms with van der Waals surface area (Å²) in [5, 5.41) is 1.07. The van der Waals surface area contributed by atoms with Gasteiger partial charge in [-0.1, -0.05) is 31.5 Å². The van der Waals surface area contributed by atoms with Crippen LogP contribution in [0.1, 0.15) is 71.5 Å². The van der Waals surface area contributed by atoms with Gasteiger partial charge in [-0.15, -0.1) is 0 Å². The Bertz CT molecular complexity index is 1610. The van der Waals surface area contributed by atoms with Crippen molar-refractivity contribution in [1.82, 2.24) is 19.4 Å². The van der Waals surface area contributed by atoms with Gasteiger partial charge in [-0.3, -0.25) is 19.4 Å². The molecular weight excluding hydrogens is 552 g/mol. The molecule has 2 aliphatic rings. The Morgan fingerprint density at radius 2 is 1.88 bits per heavy atom. The third kappa shape index (κ3) is 5.80. The van der Waals surface area contributed by atoms with Gasteiger partial charge in [-0.2, -0.15) is 0 Å². The molecule has 1 fully saturated rings. The molecule has 2 aliphatic heterocycles. The summed E-state index contributed by atoms with van der Waals surface area (Å²) in [6.07, 6.45) is 4.85. The lowest BCUT2D eigenvalue weighted by atomic mass is 10.1. The first-order valence-electron chi connectivity index (χ1n) is 15.2. The third-order valence-corrected chi connectivity index (χ3v) is 8.64. The summed E-state index contributed by atoms with van der Waals surface area (Å²) >= 11 is 0. The van der Waals surface area contributed by atoms with E-state index >= 15 is 0 Å². The number of para-hydroxylation sites is 1. The maximum absolute atomic E-state index is 14.3. The minimum Gasteiger partial charge on any atom is -0.460 e. The Kier molecular flexibility index (Phi) is 8.30. The second kappa shape index (κ2) is 12.3. The summed E-state index contributed by atoms with van der Waals surface area (Å²) < 4.78 is 35.8. The van der Waals surface area contributed by atoms with Gasteiger partial charge in [0.1, 0.15) is 17.2 Å². The summed E-state index contributed by atoms with van der Waals surface area (Å²) in [6, 6.07) is 13.1. The van der Waals surface area contributed by atoms with E-state index in [0.29, 0.717) is 50.5 Å². The first kappa shape index (κ1) is 29.0. The molecule has 4 aromatic rings. The smallest absolute Gasteiger partial charge is 0.274 e. The predicted octanol–water partition coefficient (Wildman–Crippen LogP) is 6.04. The molecule has 4 heterocycles. The minimum absolute atomic E-state index is 0.0183. The number of furan rings is 1. The van der Waals surface area contributed by atoms with E-state index in [1.165, 1.54) is 11.0 Å². The zero-order chi connectivity index (χ0) is 30.1. The van der Waals surface area contributed by atoms with E-state index in [9.17, 15) is 18.4 Å². The average Bonchev–Trinajstić information content (AvgIpc) is 3.74. The quantitative estimate of drug-likeness (QED) is 0.238. The number of hydrogen-bond acceptors (Lipinski definition) is 5. The molecule has 10 heteroatoms. The van der Waals surface area contributed by atoms with Gasteiger partial charge in [0, 0.05) is 56.6 Å². The number of rotatable bonds is 9. The highest BCUT2D eigenvalue weighted by Gasteiger charge is 2.36. The van der Waals surface area contributed by atoms with Gasteiger partial charge >= 0.3 is 0 Å². The molecular formula is C33H37F2N5O3. The Morgan fingerprint density at radius 3 is 2.67 bits per heavy atom. The van der Waals surface area contributed by atoms with Crippen LogP contribution in [0.4, 0.5) is 14.6 Å². The Labute approximate surface area is 249 Å². The van der Waals surface area contributed by atoms with Crippen LogP contribution in [0.3, 0.4) is 0 Å². The van der Waals surface area contributed by atoms with Crippen LogP contribution in [0.5, 0.6) is 0 Å². The number of benzene rings is 2. The van der Waals surface area contributed by atoms with E-state index in [1.807, 2.05) is 42.8 Å². The van der Waals surface area contributed by atoms with Gasteiger partial charge in [-0.05, 0) is 56.0 Å². The number of carbonyl (C=O) groups excluding carboxylic acids is 2. The number of amides is 2. The van der Waals surface area contributed by atoms with E-state index in [0.717, 1.165) is 66.9 Å². The monoisotopic (exact) mass is 589 g/mol. The fraction of sp³-hybridized carbons (Fsp3) is 0.424. The van der Waals surface area contributed by atoms with Crippen molar-refractivity contribution < 1.29 is 22.8 Å². The molecule has 2 aromatic carbocycles. The molecule has 1 unspecified atom stereocenters. The standard InChI is InChI=1S/C33H37F2N5O3/c1-3-4-15-40(32(41)23-12-13-26(34)27(35)19-23)31-30(39-16-8-7-11-29(39)36-31)33(42)37(2)24-14-17-38(20-24)21-25-18-22-9-5-6-10-28(22)43-25/h5-6,9-10,12-13,18-19,24H,3-4,7-8,11,14-17,20-21H2,1-2H3. The fourth-order valence-corrected chi connectivity index (χ4v) is 6.21. The van der Waals surface area contributed by atoms with E-state index in [2.05, 4.69) is 11.0 Å². The number of likely N-dealkylation sites (tertiary alicyclic amines) is 1. The number of nitrogens with zero attached hydrogens (tertiary/aromatic N) is 5. The molecule has 0 radical (unpaired) electrons. The number of imidazole rings is 1. The number of halogens is 2. The molecule has 1 saturated heterocycles. The van der Waals surface area contributed by atoms with Crippen molar-refractivity contribution in [3.8, 4) is 0 Å². The number of aromatic nitrogens is 2. The van der Waals surface area contributed by atoms with Gasteiger partial charge in [0.05, 0.1) is 6.54 Å². The lowest BCUT2D eigenvalue weighted by Gasteiger charge is -2.28. The highest BCUT2D eigenvalue weighted by Crippen LogP contribution is 2.31. The van der Waals surface area contributed by atoms with Crippen LogP contribution in [-0.4, -0.2) is 63.9 Å². The molecule has 2 amide bonds. The first-order valence-corrected chi connectivity index (χ1v) is 15.2. The molecule has 0 aliphatic carbocycles. The van der Waals surface area contributed by atoms with Gasteiger partial charge in [0.2, 0.25) is 0 Å². The maximum Gasteiger partial charge on any atom is 0.274 e. The molecule has 8 nitrogen and oxygen atoms in total. The maximum atomic E-state index is 14.3. The number of carbonyl (C=O) groups is 2. The van der Waals surface area contributed by atoms with E-state index < -0.39 is 17.5 Å². The van der Waals surface area contributed by atoms with Gasteiger partial charge in [0.15, 0.2) is 23.1 Å². The van der Waals surface area contributed by atoms with Gasteiger partial charge in [-0.25, -0.2) is 13.8 Å². The van der Waals surface area contributed by atoms with Gasteiger partial charge < -0.3 is 13.9 Å². The molecule has 0 N–H and O–H groups in total. The number of likely N-dealkylation sites (N-methyl/N-ethyl adjacent to an activating group) is 1. The van der Waals surface area contributed by atoms with Crippen LogP contribution in [0.15, 0.2) is 52.9 Å². The molecule has 43 heavy (non-hydrogen) atoms. The number of aryl methyl sites for hydroxylation is 1. The Morgan fingerprint density at radius 1 is 1.05 bits per heavy atom. The van der Waals surface area contributed by atoms with E-state index in [-0.39, 0.29) is 17.5 Å². The topological polar surface area (TPSA) is 74.8 Å². The van der Waals surface area contributed by atoms with Crippen LogP contribution in [0, 0.1) is 11.6 Å². The average molecular weight is 590 g/mol. The van der Waals surface area contributed by atoms with Crippen LogP contribution in [0.25, 0.3) is 11.0 Å². The van der Waals surface area contributed by atoms with Gasteiger partial charge in [0.25, 0.3) is 11.8 Å². The number of hydrogen-bond donors (Lipinski definition) is 0. The molecule has 226 valence electrons. The highest BCUT2D eigenvalue weighted by atomic mass is 19.2. The van der Waals surface area contributed by atoms with Crippen molar-refractivity contribution in [3.05, 3.63) is 83.0 Å². The fourth-order valence-electron chi connectivity index (χ4n) is 6.21. The van der Waals surface area contributed by atoms with Crippen molar-refractivity contribution in [2.45, 2.75) is 64.6 Å². The number of unbranched alkanes of at least 4 members (excludes halogenated alkanes) is 1. The zero-order valence-electron chi connectivity index (χ0n) is 24.7. The molecule has 0 spiro atoms. The summed E-state index contributed by atoms with van der Waals surface area (Å²) in [6.45, 7) is 5.14. The Hall–Kier alpha value is -4.05. The van der Waals surface area contributed by atoms with Crippen molar-refractivity contribution >= 4 is 28.6 Å². The van der Waals surface area contributed by atoms with Crippen molar-refractivity contribution in [3.63, 3.8) is 0 Å². The van der Waals surface area contributed by atoms with Crippen molar-refractivity contribution in [2.75, 3.05) is 31.6 Å². The lowest BCUT2D eigenvalue weighted by molar-refractivity contribution is 0.0723. The third-order valence-electron chi connectivity index (χ3n) is 8.64. The molecule has 1 atom stereocenters. The van der Waals surface area contributed by atoms with Crippen LogP contribution >= 0.6 is 0 Å². The largest absolute Gasteiger partial charge is 0.460 e. The second-order valence-electron chi connectivity index (χ2n) is 11.6. The molecule has 6 rings (SSSR count). The van der Waals surface area contributed by atoms with Crippen LogP contribution in [-0.2, 0) is 19.5 Å². The van der Waals surface area contributed by atoms with Crippen molar-refractivity contribution in [1.29, 1.82) is 0 Å². The van der Waals surface area contributed by atoms with Crippen LogP contribution < -0.4 is 4.90 Å². The molecule has 0 bridgehead atoms. The molecule has 0 saturated carbocycles. The van der Waals surface area contributed by atoms with Crippen LogP contribution in [0.2, 0.25) is 0 Å². The second-order valence-corrected chi connectivity index (χ2v) is 11.6. The van der Waals surface area contributed by atoms with Crippen molar-refractivity contribution in [2.24, 2.45) is 0 Å². The normalized spacial score (nSPS) is 16.9. The summed E-state index contributed by atoms with van der Waals surface area (Å²) in [7, 11) is 1.82. The first-order chi connectivity index (χ1) is 20.8. The Balaban J connectivity index is 1.26. The summed E-state index contributed by atoms with van der Waals surface area (Å²) in [5.41, 5.74) is 1.27. The van der Waals surface area contributed by atoms with E-state index in [4.69, 9.17) is 9.40 Å². The minimum atomic E-state index is -1.09. The molecule has 2 aromatic heterocycles. The number of fused-ring (bicyclic) bond motifs is 2. The predicted molar refractivity (Wildman–Crippen MR) is 160 cm³/mol. The SMILES string of the molecule is CCCCN(C(=O)c1ccc(F)c(F)c1)c1nc2n(c1C(=O)N(C)C1CCN(Cc3cc4ccccc4o3)C1)CCCC2. The number of anilines is 1. The summed E-state index contributed by atoms with van der Waals surface area (Å²) in [5.74, 6) is -0.828. The summed E-state index contributed by atoms with van der Waals surface area (Å²) in [4.78, 5) is 38.4. The lowest BCUT2D eigenvalue weighted by Crippen LogP contribution is -2.41. The zero-order valence-corrected chi connectivity index (χ0v) is 24.7.